The number of unbranched alkanes of at least 4 members (excludes halogenated alkanes) is 1. The van der Waals surface area contributed by atoms with Gasteiger partial charge in [-0.1, -0.05) is 31.5 Å². The minimum atomic E-state index is -1.03. The number of carboxylic acids is 1. The van der Waals surface area contributed by atoms with Gasteiger partial charge in [0.15, 0.2) is 0 Å². The van der Waals surface area contributed by atoms with Crippen molar-refractivity contribution in [2.24, 2.45) is 5.92 Å². The molecule has 1 atom stereocenters. The highest BCUT2D eigenvalue weighted by Gasteiger charge is 2.28. The Labute approximate surface area is 148 Å². The predicted octanol–water partition coefficient (Wildman–Crippen LogP) is 2.08. The van der Waals surface area contributed by atoms with Gasteiger partial charge in [-0.05, 0) is 30.9 Å². The van der Waals surface area contributed by atoms with Crippen LogP contribution in [0.4, 0.5) is 0 Å². The lowest BCUT2D eigenvalue weighted by Crippen LogP contribution is -2.46. The van der Waals surface area contributed by atoms with Crippen molar-refractivity contribution in [3.8, 4) is 0 Å². The maximum Gasteiger partial charge on any atom is 0.335 e. The maximum absolute atomic E-state index is 12.6. The molecule has 6 heteroatoms. The van der Waals surface area contributed by atoms with E-state index < -0.39 is 5.97 Å². The third-order valence-corrected chi connectivity index (χ3v) is 4.56. The smallest absolute Gasteiger partial charge is 0.335 e. The van der Waals surface area contributed by atoms with Crippen LogP contribution in [0.2, 0.25) is 0 Å². The first-order valence-corrected chi connectivity index (χ1v) is 8.89. The van der Waals surface area contributed by atoms with Crippen molar-refractivity contribution in [2.75, 3.05) is 19.6 Å². The lowest BCUT2D eigenvalue weighted by Gasteiger charge is -2.32. The number of nitrogens with one attached hydrogen (secondary N) is 1. The van der Waals surface area contributed by atoms with E-state index in [1.807, 2.05) is 0 Å². The standard InChI is InChI=1S/C19H26N2O4/c1-2-3-10-20-18(23)15-8-6-11-21(13-15)17(22)12-14-7-4-5-9-16(14)19(24)25/h4-5,7,9,15H,2-3,6,8,10-13H2,1H3,(H,20,23)(H,24,25). The Morgan fingerprint density at radius 1 is 1.28 bits per heavy atom. The van der Waals surface area contributed by atoms with E-state index >= 15 is 0 Å². The van der Waals surface area contributed by atoms with Gasteiger partial charge in [0, 0.05) is 19.6 Å². The number of nitrogens with zero attached hydrogens (tertiary/aromatic N) is 1. The molecule has 6 nitrogen and oxygen atoms in total. The topological polar surface area (TPSA) is 86.7 Å². The summed E-state index contributed by atoms with van der Waals surface area (Å²) < 4.78 is 0. The first-order chi connectivity index (χ1) is 12.0. The summed E-state index contributed by atoms with van der Waals surface area (Å²) >= 11 is 0. The van der Waals surface area contributed by atoms with Crippen molar-refractivity contribution in [2.45, 2.75) is 39.0 Å². The van der Waals surface area contributed by atoms with Crippen molar-refractivity contribution < 1.29 is 19.5 Å². The van der Waals surface area contributed by atoms with Crippen molar-refractivity contribution in [1.82, 2.24) is 10.2 Å². The quantitative estimate of drug-likeness (QED) is 0.740. The van der Waals surface area contributed by atoms with Crippen LogP contribution in [0.25, 0.3) is 0 Å². The Balaban J connectivity index is 1.96. The number of carbonyl (C=O) groups is 3. The molecule has 0 aliphatic carbocycles. The van der Waals surface area contributed by atoms with Crippen LogP contribution in [0.3, 0.4) is 0 Å². The monoisotopic (exact) mass is 346 g/mol. The van der Waals surface area contributed by atoms with E-state index in [0.717, 1.165) is 25.7 Å². The highest BCUT2D eigenvalue weighted by atomic mass is 16.4. The predicted molar refractivity (Wildman–Crippen MR) is 94.3 cm³/mol. The van der Waals surface area contributed by atoms with Gasteiger partial charge < -0.3 is 15.3 Å². The highest BCUT2D eigenvalue weighted by molar-refractivity contribution is 5.91. The van der Waals surface area contributed by atoms with E-state index in [0.29, 0.717) is 25.2 Å². The molecule has 0 radical (unpaired) electrons. The lowest BCUT2D eigenvalue weighted by molar-refractivity contribution is -0.135. The minimum absolute atomic E-state index is 0.0110. The van der Waals surface area contributed by atoms with E-state index in [1.165, 1.54) is 6.07 Å². The molecule has 1 saturated heterocycles. The Bertz CT molecular complexity index is 630. The van der Waals surface area contributed by atoms with Gasteiger partial charge in [-0.2, -0.15) is 0 Å². The van der Waals surface area contributed by atoms with Gasteiger partial charge in [0.25, 0.3) is 0 Å². The summed E-state index contributed by atoms with van der Waals surface area (Å²) in [5, 5.41) is 12.2. The fraction of sp³-hybridized carbons (Fsp3) is 0.526. The van der Waals surface area contributed by atoms with E-state index in [4.69, 9.17) is 0 Å². The average Bonchev–Trinajstić information content (AvgIpc) is 2.62. The number of hydrogen-bond donors (Lipinski definition) is 2. The molecule has 1 fully saturated rings. The van der Waals surface area contributed by atoms with Gasteiger partial charge in [0.05, 0.1) is 17.9 Å². The molecule has 25 heavy (non-hydrogen) atoms. The molecule has 0 aromatic heterocycles. The molecule has 1 aromatic rings. The zero-order chi connectivity index (χ0) is 18.2. The molecule has 1 aliphatic rings. The van der Waals surface area contributed by atoms with E-state index in [1.54, 1.807) is 23.1 Å². The highest BCUT2D eigenvalue weighted by Crippen LogP contribution is 2.19. The summed E-state index contributed by atoms with van der Waals surface area (Å²) in [6, 6.07) is 6.55. The Hall–Kier alpha value is -2.37. The van der Waals surface area contributed by atoms with Gasteiger partial charge in [-0.15, -0.1) is 0 Å². The molecule has 0 spiro atoms. The minimum Gasteiger partial charge on any atom is -0.478 e. The number of rotatable bonds is 7. The van der Waals surface area contributed by atoms with Gasteiger partial charge in [0.2, 0.25) is 11.8 Å². The zero-order valence-corrected chi connectivity index (χ0v) is 14.7. The first kappa shape index (κ1) is 19.0. The second kappa shape index (κ2) is 9.20. The molecule has 1 unspecified atom stereocenters. The van der Waals surface area contributed by atoms with Gasteiger partial charge in [0.1, 0.15) is 0 Å². The summed E-state index contributed by atoms with van der Waals surface area (Å²) in [6.07, 6.45) is 3.60. The molecule has 0 bridgehead atoms. The molecular weight excluding hydrogens is 320 g/mol. The fourth-order valence-electron chi connectivity index (χ4n) is 3.11. The van der Waals surface area contributed by atoms with Gasteiger partial charge in [-0.25, -0.2) is 4.79 Å². The zero-order valence-electron chi connectivity index (χ0n) is 14.7. The third kappa shape index (κ3) is 5.31. The Morgan fingerprint density at radius 2 is 2.04 bits per heavy atom. The summed E-state index contributed by atoms with van der Waals surface area (Å²) in [5.74, 6) is -1.32. The molecule has 2 rings (SSSR count). The summed E-state index contributed by atoms with van der Waals surface area (Å²) in [5.41, 5.74) is 0.663. The number of amides is 2. The Kier molecular flexibility index (Phi) is 6.98. The van der Waals surface area contributed by atoms with Crippen LogP contribution < -0.4 is 5.32 Å². The van der Waals surface area contributed by atoms with Crippen molar-refractivity contribution in [3.63, 3.8) is 0 Å². The third-order valence-electron chi connectivity index (χ3n) is 4.56. The molecule has 2 N–H and O–H groups in total. The number of carbonyl (C=O) groups excluding carboxylic acids is 2. The first-order valence-electron chi connectivity index (χ1n) is 8.89. The number of aromatic carboxylic acids is 1. The molecule has 2 amide bonds. The van der Waals surface area contributed by atoms with E-state index in [9.17, 15) is 19.5 Å². The number of benzene rings is 1. The second-order valence-corrected chi connectivity index (χ2v) is 6.46. The number of hydrogen-bond acceptors (Lipinski definition) is 3. The van der Waals surface area contributed by atoms with Crippen molar-refractivity contribution in [3.05, 3.63) is 35.4 Å². The van der Waals surface area contributed by atoms with Crippen LogP contribution in [0, 0.1) is 5.92 Å². The number of likely N-dealkylation sites (tertiary alicyclic amines) is 1. The normalized spacial score (nSPS) is 17.2. The molecule has 136 valence electrons. The van der Waals surface area contributed by atoms with E-state index in [-0.39, 0.29) is 29.7 Å². The van der Waals surface area contributed by atoms with Gasteiger partial charge in [-0.3, -0.25) is 9.59 Å². The summed E-state index contributed by atoms with van der Waals surface area (Å²) in [7, 11) is 0. The van der Waals surface area contributed by atoms with Crippen LogP contribution in [-0.4, -0.2) is 47.4 Å². The lowest BCUT2D eigenvalue weighted by atomic mass is 9.96. The molecule has 1 aromatic carbocycles. The van der Waals surface area contributed by atoms with Crippen LogP contribution >= 0.6 is 0 Å². The fourth-order valence-corrected chi connectivity index (χ4v) is 3.11. The van der Waals surface area contributed by atoms with Crippen molar-refractivity contribution >= 4 is 17.8 Å². The van der Waals surface area contributed by atoms with Crippen LogP contribution in [-0.2, 0) is 16.0 Å². The number of piperidine rings is 1. The maximum atomic E-state index is 12.6. The summed E-state index contributed by atoms with van der Waals surface area (Å²) in [6.45, 7) is 3.77. The molecule has 0 saturated carbocycles. The molecule has 1 heterocycles. The SMILES string of the molecule is CCCCNC(=O)C1CCCN(C(=O)Cc2ccccc2C(=O)O)C1. The van der Waals surface area contributed by atoms with E-state index in [2.05, 4.69) is 12.2 Å². The largest absolute Gasteiger partial charge is 0.478 e. The second-order valence-electron chi connectivity index (χ2n) is 6.46. The van der Waals surface area contributed by atoms with Crippen LogP contribution in [0.15, 0.2) is 24.3 Å². The van der Waals surface area contributed by atoms with Crippen LogP contribution in [0.5, 0.6) is 0 Å². The van der Waals surface area contributed by atoms with Crippen molar-refractivity contribution in [1.29, 1.82) is 0 Å². The molecular formula is C19H26N2O4. The molecule has 1 aliphatic heterocycles. The summed E-state index contributed by atoms with van der Waals surface area (Å²) in [4.78, 5) is 37.7. The van der Waals surface area contributed by atoms with Gasteiger partial charge >= 0.3 is 5.97 Å². The van der Waals surface area contributed by atoms with Crippen LogP contribution in [0.1, 0.15) is 48.5 Å². The Morgan fingerprint density at radius 3 is 2.76 bits per heavy atom. The number of carboxylic acid groups (broad SMARTS) is 1. The average molecular weight is 346 g/mol.